The lowest BCUT2D eigenvalue weighted by molar-refractivity contribution is -0.428. The van der Waals surface area contributed by atoms with Gasteiger partial charge in [0.2, 0.25) is 0 Å². The molecule has 11 heavy (non-hydrogen) atoms. The average Bonchev–Trinajstić information content (AvgIpc) is 1.86. The quantitative estimate of drug-likeness (QED) is 0.377. The maximum absolute atomic E-state index is 10.1. The second kappa shape index (κ2) is 4.43. The normalized spacial score (nSPS) is 11.2. The highest BCUT2D eigenvalue weighted by Gasteiger charge is 2.10. The number of carbonyl (C=O) groups is 1. The lowest BCUT2D eigenvalue weighted by Crippen LogP contribution is -2.02. The Morgan fingerprint density at radius 1 is 1.73 bits per heavy atom. The summed E-state index contributed by atoms with van der Waals surface area (Å²) in [6, 6.07) is 0. The lowest BCUT2D eigenvalue weighted by atomic mass is 10.2. The first-order chi connectivity index (χ1) is 5.07. The van der Waals surface area contributed by atoms with Crippen molar-refractivity contribution in [2.45, 2.75) is 19.8 Å². The predicted molar refractivity (Wildman–Crippen MR) is 37.6 cm³/mol. The molecule has 0 amide bonds. The Morgan fingerprint density at radius 3 is 2.55 bits per heavy atom. The maximum atomic E-state index is 10.1. The molecule has 0 unspecified atom stereocenters. The molecule has 5 heteroatoms. The van der Waals surface area contributed by atoms with Crippen molar-refractivity contribution in [3.8, 4) is 0 Å². The van der Waals surface area contributed by atoms with Crippen LogP contribution < -0.4 is 0 Å². The molecule has 0 fully saturated rings. The fraction of sp³-hybridized carbons (Fsp3) is 0.500. The highest BCUT2D eigenvalue weighted by Crippen LogP contribution is 2.04. The average molecular weight is 159 g/mol. The number of hydrogen-bond acceptors (Lipinski definition) is 3. The van der Waals surface area contributed by atoms with Gasteiger partial charge in [-0.2, -0.15) is 0 Å². The summed E-state index contributed by atoms with van der Waals surface area (Å²) in [4.78, 5) is 19.4. The van der Waals surface area contributed by atoms with Gasteiger partial charge < -0.3 is 5.11 Å². The lowest BCUT2D eigenvalue weighted by Gasteiger charge is -1.92. The molecule has 0 bridgehead atoms. The van der Waals surface area contributed by atoms with Gasteiger partial charge in [0.25, 0.3) is 5.70 Å². The molecule has 0 spiro atoms. The van der Waals surface area contributed by atoms with E-state index in [1.807, 2.05) is 0 Å². The van der Waals surface area contributed by atoms with Crippen molar-refractivity contribution < 1.29 is 14.8 Å². The Kier molecular flexibility index (Phi) is 3.87. The van der Waals surface area contributed by atoms with Gasteiger partial charge in [-0.3, -0.25) is 10.1 Å². The Labute approximate surface area is 63.5 Å². The van der Waals surface area contributed by atoms with E-state index in [0.29, 0.717) is 12.5 Å². The summed E-state index contributed by atoms with van der Waals surface area (Å²) in [7, 11) is 0. The van der Waals surface area contributed by atoms with Crippen molar-refractivity contribution in [1.82, 2.24) is 0 Å². The molecule has 0 radical (unpaired) electrons. The van der Waals surface area contributed by atoms with E-state index in [0.717, 1.165) is 0 Å². The van der Waals surface area contributed by atoms with Crippen LogP contribution in [0.25, 0.3) is 0 Å². The monoisotopic (exact) mass is 159 g/mol. The maximum Gasteiger partial charge on any atom is 0.334 e. The molecule has 0 aliphatic rings. The second-order valence-corrected chi connectivity index (χ2v) is 1.98. The molecule has 0 atom stereocenters. The standard InChI is InChI=1S/C6H9NO4/c1-2-3-5(7(10)11)4-6(8)9/h4H,2-3H2,1H3,(H,8,9)/b5-4+. The number of hydrogen-bond donors (Lipinski definition) is 1. The molecular formula is C6H9NO4. The highest BCUT2D eigenvalue weighted by atomic mass is 16.6. The number of carboxylic acids is 1. The minimum absolute atomic E-state index is 0.194. The van der Waals surface area contributed by atoms with E-state index in [9.17, 15) is 14.9 Å². The molecule has 62 valence electrons. The van der Waals surface area contributed by atoms with Crippen LogP contribution in [0.2, 0.25) is 0 Å². The molecule has 5 nitrogen and oxygen atoms in total. The second-order valence-electron chi connectivity index (χ2n) is 1.98. The van der Waals surface area contributed by atoms with Crippen LogP contribution in [0.15, 0.2) is 11.8 Å². The molecule has 0 aromatic carbocycles. The van der Waals surface area contributed by atoms with Gasteiger partial charge in [-0.1, -0.05) is 6.92 Å². The number of nitrogens with zero attached hydrogens (tertiary/aromatic N) is 1. The minimum Gasteiger partial charge on any atom is -0.478 e. The van der Waals surface area contributed by atoms with E-state index >= 15 is 0 Å². The van der Waals surface area contributed by atoms with Crippen LogP contribution in [0.1, 0.15) is 19.8 Å². The first-order valence-corrected chi connectivity index (χ1v) is 3.15. The summed E-state index contributed by atoms with van der Waals surface area (Å²) < 4.78 is 0. The van der Waals surface area contributed by atoms with Crippen LogP contribution in [0.5, 0.6) is 0 Å². The summed E-state index contributed by atoms with van der Waals surface area (Å²) >= 11 is 0. The number of rotatable bonds is 4. The van der Waals surface area contributed by atoms with Gasteiger partial charge in [0.15, 0.2) is 0 Å². The van der Waals surface area contributed by atoms with Crippen molar-refractivity contribution >= 4 is 5.97 Å². The largest absolute Gasteiger partial charge is 0.478 e. The molecule has 0 aromatic rings. The van der Waals surface area contributed by atoms with E-state index in [-0.39, 0.29) is 12.1 Å². The molecule has 0 aromatic heterocycles. The fourth-order valence-electron chi connectivity index (χ4n) is 0.615. The number of carboxylic acid groups (broad SMARTS) is 1. The Bertz CT molecular complexity index is 197. The van der Waals surface area contributed by atoms with Crippen molar-refractivity contribution in [2.24, 2.45) is 0 Å². The molecule has 0 aliphatic carbocycles. The van der Waals surface area contributed by atoms with Gasteiger partial charge in [0, 0.05) is 6.42 Å². The topological polar surface area (TPSA) is 80.4 Å². The first-order valence-electron chi connectivity index (χ1n) is 3.15. The summed E-state index contributed by atoms with van der Waals surface area (Å²) in [5.74, 6) is -1.27. The zero-order chi connectivity index (χ0) is 8.85. The Hall–Kier alpha value is -1.39. The van der Waals surface area contributed by atoms with E-state index in [1.165, 1.54) is 0 Å². The van der Waals surface area contributed by atoms with Gasteiger partial charge >= 0.3 is 5.97 Å². The van der Waals surface area contributed by atoms with Crippen LogP contribution in [-0.4, -0.2) is 16.0 Å². The van der Waals surface area contributed by atoms with Crippen molar-refractivity contribution in [3.05, 3.63) is 21.9 Å². The molecular weight excluding hydrogens is 150 g/mol. The van der Waals surface area contributed by atoms with E-state index in [4.69, 9.17) is 5.11 Å². The van der Waals surface area contributed by atoms with Gasteiger partial charge in [0.1, 0.15) is 0 Å². The minimum atomic E-state index is -1.27. The fourth-order valence-corrected chi connectivity index (χ4v) is 0.615. The van der Waals surface area contributed by atoms with Crippen molar-refractivity contribution in [1.29, 1.82) is 0 Å². The molecule has 1 N–H and O–H groups in total. The first kappa shape index (κ1) is 9.61. The van der Waals surface area contributed by atoms with Gasteiger partial charge in [-0.15, -0.1) is 0 Å². The molecule has 0 aliphatic heterocycles. The van der Waals surface area contributed by atoms with Crippen LogP contribution in [0, 0.1) is 10.1 Å². The van der Waals surface area contributed by atoms with E-state index < -0.39 is 10.9 Å². The van der Waals surface area contributed by atoms with Gasteiger partial charge in [-0.05, 0) is 6.42 Å². The smallest absolute Gasteiger partial charge is 0.334 e. The van der Waals surface area contributed by atoms with Gasteiger partial charge in [0.05, 0.1) is 11.0 Å². The zero-order valence-electron chi connectivity index (χ0n) is 6.11. The third-order valence-electron chi connectivity index (χ3n) is 1.03. The molecule has 0 saturated heterocycles. The summed E-state index contributed by atoms with van der Waals surface area (Å²) in [5, 5.41) is 18.3. The Balaban J connectivity index is 4.32. The van der Waals surface area contributed by atoms with Crippen LogP contribution in [0.4, 0.5) is 0 Å². The Morgan fingerprint density at radius 2 is 2.27 bits per heavy atom. The van der Waals surface area contributed by atoms with Crippen LogP contribution in [0.3, 0.4) is 0 Å². The summed E-state index contributed by atoms with van der Waals surface area (Å²) in [6.45, 7) is 1.75. The van der Waals surface area contributed by atoms with Crippen molar-refractivity contribution in [2.75, 3.05) is 0 Å². The predicted octanol–water partition coefficient (Wildman–Crippen LogP) is 1.03. The van der Waals surface area contributed by atoms with Crippen LogP contribution >= 0.6 is 0 Å². The van der Waals surface area contributed by atoms with Gasteiger partial charge in [-0.25, -0.2) is 4.79 Å². The number of nitro groups is 1. The van der Waals surface area contributed by atoms with E-state index in [1.54, 1.807) is 6.92 Å². The summed E-state index contributed by atoms with van der Waals surface area (Å²) in [5.41, 5.74) is -0.250. The van der Waals surface area contributed by atoms with E-state index in [2.05, 4.69) is 0 Å². The number of allylic oxidation sites excluding steroid dienone is 1. The SMILES string of the molecule is CCC/C(=C\C(=O)O)[N+](=O)[O-]. The summed E-state index contributed by atoms with van der Waals surface area (Å²) in [6.07, 6.45) is 1.39. The molecule has 0 heterocycles. The molecule has 0 rings (SSSR count). The molecule has 0 saturated carbocycles. The third kappa shape index (κ3) is 4.07. The highest BCUT2D eigenvalue weighted by molar-refractivity contribution is 5.80. The van der Waals surface area contributed by atoms with Crippen molar-refractivity contribution in [3.63, 3.8) is 0 Å². The number of aliphatic carboxylic acids is 1. The third-order valence-corrected chi connectivity index (χ3v) is 1.03. The van der Waals surface area contributed by atoms with Crippen LogP contribution in [-0.2, 0) is 4.79 Å². The zero-order valence-corrected chi connectivity index (χ0v) is 6.11.